The molecule has 1 aliphatic heterocycles. The minimum absolute atomic E-state index is 0.0842. The lowest BCUT2D eigenvalue weighted by atomic mass is 9.88. The SMILES string of the molecule is CC(C)CNC(=O)CN1CCC(C(=O)c2ccc(CC(C)C)cc2)CC1. The molecule has 4 nitrogen and oxygen atoms in total. The molecular weight excluding hydrogens is 324 g/mol. The number of hydrogen-bond donors (Lipinski definition) is 1. The van der Waals surface area contributed by atoms with E-state index in [1.165, 1.54) is 5.56 Å². The van der Waals surface area contributed by atoms with Crippen molar-refractivity contribution in [3.05, 3.63) is 35.4 Å². The van der Waals surface area contributed by atoms with Crippen molar-refractivity contribution in [2.75, 3.05) is 26.2 Å². The lowest BCUT2D eigenvalue weighted by Gasteiger charge is -2.30. The van der Waals surface area contributed by atoms with Gasteiger partial charge in [-0.05, 0) is 49.8 Å². The summed E-state index contributed by atoms with van der Waals surface area (Å²) in [5.74, 6) is 1.52. The van der Waals surface area contributed by atoms with Crippen LogP contribution in [0.3, 0.4) is 0 Å². The van der Waals surface area contributed by atoms with Gasteiger partial charge >= 0.3 is 0 Å². The second-order valence-electron chi connectivity index (χ2n) is 8.41. The molecule has 144 valence electrons. The van der Waals surface area contributed by atoms with Crippen LogP contribution in [0.4, 0.5) is 0 Å². The highest BCUT2D eigenvalue weighted by Crippen LogP contribution is 2.22. The smallest absolute Gasteiger partial charge is 0.234 e. The Labute approximate surface area is 158 Å². The van der Waals surface area contributed by atoms with Crippen LogP contribution in [0.15, 0.2) is 24.3 Å². The normalized spacial score (nSPS) is 16.2. The number of hydrogen-bond acceptors (Lipinski definition) is 3. The summed E-state index contributed by atoms with van der Waals surface area (Å²) in [6, 6.07) is 8.13. The molecule has 0 radical (unpaired) electrons. The van der Waals surface area contributed by atoms with Gasteiger partial charge in [-0.2, -0.15) is 0 Å². The van der Waals surface area contributed by atoms with Crippen LogP contribution in [0.5, 0.6) is 0 Å². The van der Waals surface area contributed by atoms with Crippen LogP contribution in [-0.2, 0) is 11.2 Å². The number of benzene rings is 1. The first kappa shape index (κ1) is 20.6. The van der Waals surface area contributed by atoms with E-state index in [4.69, 9.17) is 0 Å². The van der Waals surface area contributed by atoms with Crippen LogP contribution in [0.25, 0.3) is 0 Å². The third-order valence-electron chi connectivity index (χ3n) is 4.92. The first-order chi connectivity index (χ1) is 12.3. The van der Waals surface area contributed by atoms with Crippen molar-refractivity contribution in [3.8, 4) is 0 Å². The number of amides is 1. The highest BCUT2D eigenvalue weighted by Gasteiger charge is 2.26. The number of rotatable bonds is 8. The van der Waals surface area contributed by atoms with Gasteiger partial charge in [-0.15, -0.1) is 0 Å². The minimum atomic E-state index is 0.0842. The second kappa shape index (κ2) is 9.86. The number of nitrogens with one attached hydrogen (secondary N) is 1. The second-order valence-corrected chi connectivity index (χ2v) is 8.41. The van der Waals surface area contributed by atoms with Gasteiger partial charge in [0.15, 0.2) is 5.78 Å². The van der Waals surface area contributed by atoms with Gasteiger partial charge in [0.25, 0.3) is 0 Å². The molecule has 0 bridgehead atoms. The number of likely N-dealkylation sites (tertiary alicyclic amines) is 1. The van der Waals surface area contributed by atoms with Gasteiger partial charge in [0, 0.05) is 18.0 Å². The zero-order chi connectivity index (χ0) is 19.1. The van der Waals surface area contributed by atoms with E-state index in [-0.39, 0.29) is 17.6 Å². The maximum Gasteiger partial charge on any atom is 0.234 e. The summed E-state index contributed by atoms with van der Waals surface area (Å²) in [4.78, 5) is 26.8. The summed E-state index contributed by atoms with van der Waals surface area (Å²) < 4.78 is 0. The summed E-state index contributed by atoms with van der Waals surface area (Å²) in [7, 11) is 0. The van der Waals surface area contributed by atoms with Gasteiger partial charge in [-0.3, -0.25) is 14.5 Å². The van der Waals surface area contributed by atoms with Crippen molar-refractivity contribution in [2.24, 2.45) is 17.8 Å². The first-order valence-corrected chi connectivity index (χ1v) is 9.97. The Hall–Kier alpha value is -1.68. The largest absolute Gasteiger partial charge is 0.355 e. The first-order valence-electron chi connectivity index (χ1n) is 9.97. The molecule has 0 atom stereocenters. The molecule has 1 aromatic rings. The predicted octanol–water partition coefficient (Wildman–Crippen LogP) is 3.55. The number of carbonyl (C=O) groups is 2. The number of ketones is 1. The molecule has 1 fully saturated rings. The van der Waals surface area contributed by atoms with Crippen molar-refractivity contribution in [3.63, 3.8) is 0 Å². The molecule has 1 heterocycles. The van der Waals surface area contributed by atoms with Crippen LogP contribution in [0.1, 0.15) is 56.5 Å². The molecule has 1 amide bonds. The molecule has 0 unspecified atom stereocenters. The molecule has 0 aliphatic carbocycles. The summed E-state index contributed by atoms with van der Waals surface area (Å²) in [5.41, 5.74) is 2.12. The van der Waals surface area contributed by atoms with Crippen molar-refractivity contribution in [2.45, 2.75) is 47.0 Å². The molecule has 1 aromatic carbocycles. The van der Waals surface area contributed by atoms with Gasteiger partial charge in [-0.25, -0.2) is 0 Å². The Bertz CT molecular complexity index is 585. The van der Waals surface area contributed by atoms with Crippen LogP contribution < -0.4 is 5.32 Å². The van der Waals surface area contributed by atoms with E-state index in [2.05, 4.69) is 50.0 Å². The molecule has 2 rings (SSSR count). The molecule has 26 heavy (non-hydrogen) atoms. The molecule has 1 aliphatic rings. The number of piperidine rings is 1. The lowest BCUT2D eigenvalue weighted by Crippen LogP contribution is -2.43. The minimum Gasteiger partial charge on any atom is -0.355 e. The number of carbonyl (C=O) groups excluding carboxylic acids is 2. The third-order valence-corrected chi connectivity index (χ3v) is 4.92. The molecule has 0 saturated carbocycles. The Morgan fingerprint density at radius 2 is 1.65 bits per heavy atom. The Balaban J connectivity index is 1.79. The predicted molar refractivity (Wildman–Crippen MR) is 106 cm³/mol. The van der Waals surface area contributed by atoms with E-state index < -0.39 is 0 Å². The van der Waals surface area contributed by atoms with Gasteiger partial charge in [0.05, 0.1) is 6.54 Å². The highest BCUT2D eigenvalue weighted by atomic mass is 16.2. The molecule has 1 saturated heterocycles. The van der Waals surface area contributed by atoms with Crippen LogP contribution >= 0.6 is 0 Å². The summed E-state index contributed by atoms with van der Waals surface area (Å²) >= 11 is 0. The fourth-order valence-electron chi connectivity index (χ4n) is 3.44. The van der Waals surface area contributed by atoms with Crippen molar-refractivity contribution < 1.29 is 9.59 Å². The molecule has 4 heteroatoms. The maximum atomic E-state index is 12.7. The fraction of sp³-hybridized carbons (Fsp3) is 0.636. The monoisotopic (exact) mass is 358 g/mol. The van der Waals surface area contributed by atoms with E-state index in [0.29, 0.717) is 18.4 Å². The maximum absolute atomic E-state index is 12.7. The fourth-order valence-corrected chi connectivity index (χ4v) is 3.44. The number of nitrogens with zero attached hydrogens (tertiary/aromatic N) is 1. The average molecular weight is 359 g/mol. The molecule has 0 spiro atoms. The Morgan fingerprint density at radius 1 is 1.04 bits per heavy atom. The summed E-state index contributed by atoms with van der Waals surface area (Å²) in [6.07, 6.45) is 2.72. The zero-order valence-corrected chi connectivity index (χ0v) is 16.8. The average Bonchev–Trinajstić information content (AvgIpc) is 2.60. The van der Waals surface area contributed by atoms with Gasteiger partial charge in [0.2, 0.25) is 5.91 Å². The quantitative estimate of drug-likeness (QED) is 0.723. The summed E-state index contributed by atoms with van der Waals surface area (Å²) in [5, 5.41) is 2.96. The lowest BCUT2D eigenvalue weighted by molar-refractivity contribution is -0.122. The molecule has 1 N–H and O–H groups in total. The van der Waals surface area contributed by atoms with E-state index in [9.17, 15) is 9.59 Å². The third kappa shape index (κ3) is 6.56. The van der Waals surface area contributed by atoms with E-state index in [1.54, 1.807) is 0 Å². The van der Waals surface area contributed by atoms with Gasteiger partial charge in [-0.1, -0.05) is 52.0 Å². The van der Waals surface area contributed by atoms with E-state index in [0.717, 1.165) is 44.5 Å². The van der Waals surface area contributed by atoms with Gasteiger partial charge in [0.1, 0.15) is 0 Å². The summed E-state index contributed by atoms with van der Waals surface area (Å²) in [6.45, 7) is 11.4. The highest BCUT2D eigenvalue weighted by molar-refractivity contribution is 5.98. The van der Waals surface area contributed by atoms with Crippen molar-refractivity contribution in [1.29, 1.82) is 0 Å². The van der Waals surface area contributed by atoms with Crippen molar-refractivity contribution >= 4 is 11.7 Å². The van der Waals surface area contributed by atoms with Crippen molar-refractivity contribution in [1.82, 2.24) is 10.2 Å². The van der Waals surface area contributed by atoms with Crippen LogP contribution in [0, 0.1) is 17.8 Å². The van der Waals surface area contributed by atoms with Gasteiger partial charge < -0.3 is 5.32 Å². The number of Topliss-reactive ketones (excluding diaryl/α,β-unsaturated/α-hetero) is 1. The van der Waals surface area contributed by atoms with Crippen LogP contribution in [0.2, 0.25) is 0 Å². The Kier molecular flexibility index (Phi) is 7.83. The standard InChI is InChI=1S/C22H34N2O2/c1-16(2)13-18-5-7-19(8-6-18)22(26)20-9-11-24(12-10-20)15-21(25)23-14-17(3)4/h5-8,16-17,20H,9-15H2,1-4H3,(H,23,25). The van der Waals surface area contributed by atoms with E-state index >= 15 is 0 Å². The zero-order valence-electron chi connectivity index (χ0n) is 16.8. The molecular formula is C22H34N2O2. The van der Waals surface area contributed by atoms with Crippen LogP contribution in [-0.4, -0.2) is 42.8 Å². The topological polar surface area (TPSA) is 49.4 Å². The van der Waals surface area contributed by atoms with E-state index in [1.807, 2.05) is 12.1 Å². The Morgan fingerprint density at radius 3 is 2.19 bits per heavy atom. The molecule has 0 aromatic heterocycles.